The molecule has 3 fully saturated rings. The van der Waals surface area contributed by atoms with Gasteiger partial charge < -0.3 is 10.6 Å². The van der Waals surface area contributed by atoms with Crippen molar-refractivity contribution >= 4 is 35.4 Å². The zero-order valence-corrected chi connectivity index (χ0v) is 22.2. The lowest BCUT2D eigenvalue weighted by molar-refractivity contribution is 0.323. The third kappa shape index (κ3) is 5.64. The number of rotatable bonds is 7. The highest BCUT2D eigenvalue weighted by Crippen LogP contribution is 2.42. The molecule has 1 spiro atoms. The van der Waals surface area contributed by atoms with Crippen molar-refractivity contribution in [3.63, 3.8) is 0 Å². The van der Waals surface area contributed by atoms with Crippen LogP contribution in [0, 0.1) is 5.92 Å². The molecule has 6 rings (SSSR count). The molecule has 36 heavy (non-hydrogen) atoms. The van der Waals surface area contributed by atoms with Gasteiger partial charge in [0.05, 0.1) is 0 Å². The zero-order chi connectivity index (χ0) is 24.4. The van der Waals surface area contributed by atoms with E-state index in [1.165, 1.54) is 87.5 Å². The molecule has 5 nitrogen and oxygen atoms in total. The monoisotopic (exact) mass is 501 g/mol. The number of hydrogen-bond acceptors (Lipinski definition) is 6. The quantitative estimate of drug-likeness (QED) is 0.402. The lowest BCUT2D eigenvalue weighted by Gasteiger charge is -2.38. The Balaban J connectivity index is 1.10. The van der Waals surface area contributed by atoms with Gasteiger partial charge in [-0.15, -0.1) is 0 Å². The van der Waals surface area contributed by atoms with E-state index in [4.69, 9.17) is 9.97 Å². The van der Waals surface area contributed by atoms with E-state index in [1.54, 1.807) is 0 Å². The van der Waals surface area contributed by atoms with Crippen LogP contribution in [0.4, 0.5) is 17.6 Å². The summed E-state index contributed by atoms with van der Waals surface area (Å²) in [4.78, 5) is 14.2. The minimum Gasteiger partial charge on any atom is -0.364 e. The fraction of sp³-hybridized carbons (Fsp3) is 0.567. The van der Waals surface area contributed by atoms with Crippen LogP contribution in [0.15, 0.2) is 42.8 Å². The molecule has 190 valence electrons. The largest absolute Gasteiger partial charge is 0.364 e. The van der Waals surface area contributed by atoms with Crippen LogP contribution in [-0.2, 0) is 0 Å². The SMILES string of the molecule is C=CC1=Cc2cnc(Nc3ccc(C4CCC(SCC5CC5)CC4)cn3)nc2NC2(CCCCC2)C1. The molecular weight excluding hydrogens is 462 g/mol. The first-order chi connectivity index (χ1) is 17.7. The maximum Gasteiger partial charge on any atom is 0.230 e. The standard InChI is InChI=1S/C30H39N5S/c1-2-21-16-25-19-32-29(34-28(25)35-30(17-21)14-4-3-5-15-30)33-27-13-10-24(18-31-27)23-8-11-26(12-9-23)36-20-22-6-7-22/h2,10,13,16,18-19,22-23,26H,1,3-9,11-12,14-15,17,20H2,(H2,31,32,33,34,35). The fourth-order valence-electron chi connectivity index (χ4n) is 6.21. The smallest absolute Gasteiger partial charge is 0.230 e. The van der Waals surface area contributed by atoms with E-state index >= 15 is 0 Å². The second-order valence-corrected chi connectivity index (χ2v) is 12.7. The molecule has 2 aromatic rings. The summed E-state index contributed by atoms with van der Waals surface area (Å²) >= 11 is 2.24. The maximum atomic E-state index is 4.89. The second kappa shape index (κ2) is 10.6. The lowest BCUT2D eigenvalue weighted by Crippen LogP contribution is -2.40. The lowest BCUT2D eigenvalue weighted by atomic mass is 9.77. The number of hydrogen-bond donors (Lipinski definition) is 2. The Hall–Kier alpha value is -2.34. The van der Waals surface area contributed by atoms with E-state index in [-0.39, 0.29) is 5.54 Å². The third-order valence-corrected chi connectivity index (χ3v) is 10.2. The Morgan fingerprint density at radius 2 is 1.86 bits per heavy atom. The Bertz CT molecular complexity index is 1090. The molecule has 0 aromatic carbocycles. The van der Waals surface area contributed by atoms with Gasteiger partial charge in [0.25, 0.3) is 0 Å². The molecule has 3 heterocycles. The van der Waals surface area contributed by atoms with Gasteiger partial charge in [-0.3, -0.25) is 0 Å². The first-order valence-electron chi connectivity index (χ1n) is 14.0. The van der Waals surface area contributed by atoms with Gasteiger partial charge in [0.1, 0.15) is 11.6 Å². The molecule has 2 aromatic heterocycles. The van der Waals surface area contributed by atoms with Gasteiger partial charge in [-0.1, -0.05) is 38.0 Å². The van der Waals surface area contributed by atoms with Crippen molar-refractivity contribution in [2.24, 2.45) is 5.92 Å². The Morgan fingerprint density at radius 1 is 1.03 bits per heavy atom. The number of nitrogens with zero attached hydrogens (tertiary/aromatic N) is 3. The molecule has 0 saturated heterocycles. The summed E-state index contributed by atoms with van der Waals surface area (Å²) in [5, 5.41) is 8.05. The molecule has 3 saturated carbocycles. The van der Waals surface area contributed by atoms with Crippen molar-refractivity contribution in [3.05, 3.63) is 53.9 Å². The average molecular weight is 502 g/mol. The van der Waals surface area contributed by atoms with Crippen LogP contribution in [0.5, 0.6) is 0 Å². The van der Waals surface area contributed by atoms with E-state index < -0.39 is 0 Å². The van der Waals surface area contributed by atoms with Crippen molar-refractivity contribution in [2.45, 2.75) is 93.8 Å². The summed E-state index contributed by atoms with van der Waals surface area (Å²) in [5.41, 5.74) is 3.74. The molecule has 0 unspecified atom stereocenters. The van der Waals surface area contributed by atoms with Gasteiger partial charge in [-0.2, -0.15) is 16.7 Å². The Morgan fingerprint density at radius 3 is 2.58 bits per heavy atom. The van der Waals surface area contributed by atoms with Crippen LogP contribution < -0.4 is 10.6 Å². The minimum atomic E-state index is 0.0739. The molecule has 0 bridgehead atoms. The molecule has 0 radical (unpaired) electrons. The van der Waals surface area contributed by atoms with Crippen LogP contribution in [0.3, 0.4) is 0 Å². The van der Waals surface area contributed by atoms with Gasteiger partial charge in [-0.25, -0.2) is 9.97 Å². The Kier molecular flexibility index (Phi) is 7.05. The zero-order valence-electron chi connectivity index (χ0n) is 21.3. The van der Waals surface area contributed by atoms with E-state index in [0.29, 0.717) is 11.9 Å². The number of allylic oxidation sites excluding steroid dienone is 1. The molecule has 1 aliphatic heterocycles. The van der Waals surface area contributed by atoms with E-state index in [0.717, 1.165) is 34.8 Å². The highest BCUT2D eigenvalue weighted by Gasteiger charge is 2.35. The molecule has 2 N–H and O–H groups in total. The minimum absolute atomic E-state index is 0.0739. The van der Waals surface area contributed by atoms with Crippen LogP contribution >= 0.6 is 11.8 Å². The number of thioether (sulfide) groups is 1. The summed E-state index contributed by atoms with van der Waals surface area (Å²) in [5.74, 6) is 5.39. The molecule has 0 amide bonds. The molecule has 3 aliphatic carbocycles. The van der Waals surface area contributed by atoms with Crippen molar-refractivity contribution in [3.8, 4) is 0 Å². The highest BCUT2D eigenvalue weighted by atomic mass is 32.2. The molecule has 6 heteroatoms. The summed E-state index contributed by atoms with van der Waals surface area (Å²) < 4.78 is 0. The first kappa shape index (κ1) is 24.0. The summed E-state index contributed by atoms with van der Waals surface area (Å²) in [6.45, 7) is 4.05. The van der Waals surface area contributed by atoms with Crippen LogP contribution in [0.1, 0.15) is 94.1 Å². The number of anilines is 3. The summed E-state index contributed by atoms with van der Waals surface area (Å²) in [6.07, 6.45) is 23.6. The topological polar surface area (TPSA) is 62.7 Å². The summed E-state index contributed by atoms with van der Waals surface area (Å²) in [6, 6.07) is 4.33. The Labute approximate surface area is 220 Å². The number of aromatic nitrogens is 3. The van der Waals surface area contributed by atoms with Crippen LogP contribution in [-0.4, -0.2) is 31.5 Å². The molecular formula is C30H39N5S. The normalized spacial score (nSPS) is 25.3. The van der Waals surface area contributed by atoms with E-state index in [2.05, 4.69) is 58.4 Å². The highest BCUT2D eigenvalue weighted by molar-refractivity contribution is 7.99. The maximum absolute atomic E-state index is 4.89. The van der Waals surface area contributed by atoms with Crippen molar-refractivity contribution in [2.75, 3.05) is 16.4 Å². The number of fused-ring (bicyclic) bond motifs is 1. The van der Waals surface area contributed by atoms with Gasteiger partial charge in [0.2, 0.25) is 5.95 Å². The molecule has 0 atom stereocenters. The van der Waals surface area contributed by atoms with Gasteiger partial charge in [0, 0.05) is 28.7 Å². The molecule has 4 aliphatic rings. The first-order valence-corrected chi connectivity index (χ1v) is 15.1. The predicted octanol–water partition coefficient (Wildman–Crippen LogP) is 7.87. The number of pyridine rings is 1. The van der Waals surface area contributed by atoms with Crippen molar-refractivity contribution < 1.29 is 0 Å². The van der Waals surface area contributed by atoms with Crippen molar-refractivity contribution in [1.82, 2.24) is 15.0 Å². The fourth-order valence-corrected chi connectivity index (χ4v) is 7.69. The van der Waals surface area contributed by atoms with Gasteiger partial charge in [0.15, 0.2) is 0 Å². The summed E-state index contributed by atoms with van der Waals surface area (Å²) in [7, 11) is 0. The number of nitrogens with one attached hydrogen (secondary N) is 2. The average Bonchev–Trinajstić information content (AvgIpc) is 3.75. The van der Waals surface area contributed by atoms with Gasteiger partial charge >= 0.3 is 0 Å². The van der Waals surface area contributed by atoms with Gasteiger partial charge in [-0.05, 0) is 98.7 Å². The third-order valence-electron chi connectivity index (χ3n) is 8.59. The van der Waals surface area contributed by atoms with E-state index in [9.17, 15) is 0 Å². The van der Waals surface area contributed by atoms with Crippen molar-refractivity contribution in [1.29, 1.82) is 0 Å². The predicted molar refractivity (Wildman–Crippen MR) is 152 cm³/mol. The van der Waals surface area contributed by atoms with E-state index in [1.807, 2.05) is 12.3 Å². The second-order valence-electron chi connectivity index (χ2n) is 11.4. The van der Waals surface area contributed by atoms with Crippen LogP contribution in [0.25, 0.3) is 6.08 Å². The van der Waals surface area contributed by atoms with Crippen LogP contribution in [0.2, 0.25) is 0 Å².